The van der Waals surface area contributed by atoms with E-state index in [1.54, 1.807) is 4.68 Å². The fourth-order valence-electron chi connectivity index (χ4n) is 2.64. The van der Waals surface area contributed by atoms with Gasteiger partial charge in [-0.15, -0.1) is 0 Å². The zero-order valence-electron chi connectivity index (χ0n) is 11.1. The second-order valence-corrected chi connectivity index (χ2v) is 5.06. The number of aromatic nitrogens is 2. The van der Waals surface area contributed by atoms with Crippen molar-refractivity contribution < 1.29 is 10.0 Å². The van der Waals surface area contributed by atoms with Crippen LogP contribution in [0.1, 0.15) is 26.2 Å². The fourth-order valence-corrected chi connectivity index (χ4v) is 2.64. The van der Waals surface area contributed by atoms with Crippen molar-refractivity contribution in [2.75, 3.05) is 13.1 Å². The Bertz CT molecular complexity index is 432. The van der Waals surface area contributed by atoms with Gasteiger partial charge in [-0.1, -0.05) is 6.42 Å². The zero-order valence-corrected chi connectivity index (χ0v) is 11.1. The normalized spacial score (nSPS) is 22.3. The van der Waals surface area contributed by atoms with Crippen LogP contribution in [-0.4, -0.2) is 49.9 Å². The third-order valence-corrected chi connectivity index (χ3v) is 3.67. The first-order valence-electron chi connectivity index (χ1n) is 6.67. The molecule has 0 aliphatic carbocycles. The maximum atomic E-state index is 10.6. The molecule has 1 aromatic heterocycles. The largest absolute Gasteiger partial charge is 0.392 e. The van der Waals surface area contributed by atoms with E-state index < -0.39 is 4.92 Å². The summed E-state index contributed by atoms with van der Waals surface area (Å²) in [7, 11) is 0. The number of hydrogen-bond acceptors (Lipinski definition) is 5. The highest BCUT2D eigenvalue weighted by Gasteiger charge is 2.25. The molecule has 2 atom stereocenters. The number of aliphatic hydroxyl groups is 1. The molecule has 19 heavy (non-hydrogen) atoms. The van der Waals surface area contributed by atoms with Crippen LogP contribution >= 0.6 is 0 Å². The molecule has 0 bridgehead atoms. The number of hydrogen-bond donors (Lipinski definition) is 1. The third-order valence-electron chi connectivity index (χ3n) is 3.67. The summed E-state index contributed by atoms with van der Waals surface area (Å²) >= 11 is 0. The Morgan fingerprint density at radius 1 is 1.58 bits per heavy atom. The summed E-state index contributed by atoms with van der Waals surface area (Å²) in [5.74, 6) is 0. The van der Waals surface area contributed by atoms with Crippen LogP contribution < -0.4 is 0 Å². The summed E-state index contributed by atoms with van der Waals surface area (Å²) in [5, 5.41) is 24.3. The molecule has 0 amide bonds. The third kappa shape index (κ3) is 3.51. The van der Waals surface area contributed by atoms with Crippen molar-refractivity contribution in [1.29, 1.82) is 0 Å². The lowest BCUT2D eigenvalue weighted by atomic mass is 9.98. The average Bonchev–Trinajstić information content (AvgIpc) is 2.85. The van der Waals surface area contributed by atoms with Gasteiger partial charge in [0.15, 0.2) is 0 Å². The first-order valence-corrected chi connectivity index (χ1v) is 6.67. The Balaban J connectivity index is 1.90. The monoisotopic (exact) mass is 268 g/mol. The van der Waals surface area contributed by atoms with Gasteiger partial charge in [-0.2, -0.15) is 5.10 Å². The molecule has 0 radical (unpaired) electrons. The molecule has 2 unspecified atom stereocenters. The Morgan fingerprint density at radius 3 is 3.00 bits per heavy atom. The molecule has 1 saturated heterocycles. The van der Waals surface area contributed by atoms with Crippen molar-refractivity contribution in [1.82, 2.24) is 14.7 Å². The molecular weight excluding hydrogens is 248 g/mol. The van der Waals surface area contributed by atoms with Gasteiger partial charge in [-0.25, -0.2) is 0 Å². The van der Waals surface area contributed by atoms with Gasteiger partial charge in [0.05, 0.1) is 17.6 Å². The highest BCUT2D eigenvalue weighted by Crippen LogP contribution is 2.19. The first-order chi connectivity index (χ1) is 9.08. The second-order valence-electron chi connectivity index (χ2n) is 5.06. The van der Waals surface area contributed by atoms with E-state index in [4.69, 9.17) is 0 Å². The van der Waals surface area contributed by atoms with Gasteiger partial charge >= 0.3 is 5.69 Å². The summed E-state index contributed by atoms with van der Waals surface area (Å²) in [6.07, 6.45) is 5.68. The summed E-state index contributed by atoms with van der Waals surface area (Å²) < 4.78 is 1.59. The molecule has 0 aromatic carbocycles. The molecule has 1 aromatic rings. The molecule has 0 saturated carbocycles. The highest BCUT2D eigenvalue weighted by atomic mass is 16.6. The first kappa shape index (κ1) is 14.0. The van der Waals surface area contributed by atoms with E-state index in [1.807, 2.05) is 6.92 Å². The van der Waals surface area contributed by atoms with Crippen molar-refractivity contribution in [2.45, 2.75) is 44.9 Å². The number of aliphatic hydroxyl groups excluding tert-OH is 1. The van der Waals surface area contributed by atoms with Crippen molar-refractivity contribution in [2.24, 2.45) is 0 Å². The molecule has 7 nitrogen and oxygen atoms in total. The minimum atomic E-state index is -0.441. The van der Waals surface area contributed by atoms with Gasteiger partial charge in [0.25, 0.3) is 0 Å². The summed E-state index contributed by atoms with van der Waals surface area (Å²) in [6.45, 7) is 4.16. The van der Waals surface area contributed by atoms with Crippen LogP contribution in [0.15, 0.2) is 12.4 Å². The molecule has 1 aliphatic heterocycles. The summed E-state index contributed by atoms with van der Waals surface area (Å²) in [4.78, 5) is 12.4. The van der Waals surface area contributed by atoms with Gasteiger partial charge in [0.2, 0.25) is 0 Å². The lowest BCUT2D eigenvalue weighted by molar-refractivity contribution is -0.385. The average molecular weight is 268 g/mol. The van der Waals surface area contributed by atoms with Gasteiger partial charge in [0.1, 0.15) is 12.4 Å². The number of likely N-dealkylation sites (tertiary alicyclic amines) is 1. The Labute approximate surface area is 112 Å². The molecule has 2 heterocycles. The van der Waals surface area contributed by atoms with Crippen molar-refractivity contribution in [3.63, 3.8) is 0 Å². The quantitative estimate of drug-likeness (QED) is 0.636. The number of rotatable bonds is 5. The molecule has 106 valence electrons. The minimum Gasteiger partial charge on any atom is -0.392 e. The lowest BCUT2D eigenvalue weighted by Crippen LogP contribution is -2.46. The van der Waals surface area contributed by atoms with E-state index in [1.165, 1.54) is 12.4 Å². The molecule has 1 aliphatic rings. The van der Waals surface area contributed by atoms with Crippen LogP contribution in [0.25, 0.3) is 0 Å². The van der Waals surface area contributed by atoms with Gasteiger partial charge in [0, 0.05) is 12.6 Å². The zero-order chi connectivity index (χ0) is 13.8. The van der Waals surface area contributed by atoms with Crippen LogP contribution in [0, 0.1) is 10.1 Å². The van der Waals surface area contributed by atoms with E-state index in [0.717, 1.165) is 32.4 Å². The molecule has 1 N–H and O–H groups in total. The van der Waals surface area contributed by atoms with Crippen LogP contribution in [0.5, 0.6) is 0 Å². The molecule has 7 heteroatoms. The van der Waals surface area contributed by atoms with E-state index >= 15 is 0 Å². The van der Waals surface area contributed by atoms with Crippen molar-refractivity contribution in [3.8, 4) is 0 Å². The van der Waals surface area contributed by atoms with Crippen LogP contribution in [0.2, 0.25) is 0 Å². The van der Waals surface area contributed by atoms with Crippen molar-refractivity contribution >= 4 is 5.69 Å². The summed E-state index contributed by atoms with van der Waals surface area (Å²) in [5.41, 5.74) is 0.0192. The maximum absolute atomic E-state index is 10.6. The molecule has 2 rings (SSSR count). The van der Waals surface area contributed by atoms with Crippen LogP contribution in [0.4, 0.5) is 5.69 Å². The predicted octanol–water partition coefficient (Wildman–Crippen LogP) is 1.03. The standard InChI is InChI=1S/C12H20N4O3/c1-10(17)12-4-2-3-5-14(12)6-7-15-9-11(8-13-15)16(18)19/h8-10,12,17H,2-7H2,1H3. The lowest BCUT2D eigenvalue weighted by Gasteiger charge is -2.37. The van der Waals surface area contributed by atoms with E-state index in [2.05, 4.69) is 10.00 Å². The second kappa shape index (κ2) is 6.12. The molecule has 1 fully saturated rings. The highest BCUT2D eigenvalue weighted by molar-refractivity contribution is 5.20. The van der Waals surface area contributed by atoms with Gasteiger partial charge in [-0.3, -0.25) is 19.7 Å². The molecular formula is C12H20N4O3. The fraction of sp³-hybridized carbons (Fsp3) is 0.750. The molecule has 0 spiro atoms. The Hall–Kier alpha value is -1.47. The smallest absolute Gasteiger partial charge is 0.306 e. The maximum Gasteiger partial charge on any atom is 0.306 e. The number of nitro groups is 1. The summed E-state index contributed by atoms with van der Waals surface area (Å²) in [6, 6.07) is 0.194. The van der Waals surface area contributed by atoms with Gasteiger partial charge in [-0.05, 0) is 26.3 Å². The van der Waals surface area contributed by atoms with E-state index in [0.29, 0.717) is 6.54 Å². The van der Waals surface area contributed by atoms with Crippen LogP contribution in [0.3, 0.4) is 0 Å². The van der Waals surface area contributed by atoms with Gasteiger partial charge < -0.3 is 5.11 Å². The van der Waals surface area contributed by atoms with E-state index in [9.17, 15) is 15.2 Å². The number of piperidine rings is 1. The Kier molecular flexibility index (Phi) is 4.49. The van der Waals surface area contributed by atoms with Crippen molar-refractivity contribution in [3.05, 3.63) is 22.5 Å². The van der Waals surface area contributed by atoms with E-state index in [-0.39, 0.29) is 17.8 Å². The SMILES string of the molecule is CC(O)C1CCCCN1CCn1cc([N+](=O)[O-])cn1. The topological polar surface area (TPSA) is 84.4 Å². The Morgan fingerprint density at radius 2 is 2.37 bits per heavy atom. The number of nitrogens with zero attached hydrogens (tertiary/aromatic N) is 4. The predicted molar refractivity (Wildman–Crippen MR) is 69.8 cm³/mol. The van der Waals surface area contributed by atoms with Crippen LogP contribution in [-0.2, 0) is 6.54 Å². The minimum absolute atomic E-state index is 0.0192.